The lowest BCUT2D eigenvalue weighted by Crippen LogP contribution is -2.08. The lowest BCUT2D eigenvalue weighted by atomic mass is 9.99. The van der Waals surface area contributed by atoms with Crippen molar-refractivity contribution in [2.75, 3.05) is 0 Å². The number of aromatic nitrogens is 5. The van der Waals surface area contributed by atoms with E-state index in [0.717, 1.165) is 60.8 Å². The standard InChI is InChI=1S/C52H37N5/c1-3-17-42-43-32-33-47-48(49(43)57(45(42)4-2)52-54-50(37-20-10-6-11-21-37)53-51(55-52)38-22-12-7-13-23-38)44-26-14-15-27-46(44)56(47)41-30-28-36(29-31-41)40-25-16-24-39(34-40)35-18-8-5-9-19-35/h3-34H,2H2,1H3/b17-3-. The first-order valence-corrected chi connectivity index (χ1v) is 19.2. The highest BCUT2D eigenvalue weighted by molar-refractivity contribution is 6.22. The van der Waals surface area contributed by atoms with Crippen molar-refractivity contribution in [3.63, 3.8) is 0 Å². The third-order valence-electron chi connectivity index (χ3n) is 10.7. The second-order valence-electron chi connectivity index (χ2n) is 14.1. The largest absolute Gasteiger partial charge is 0.309 e. The zero-order valence-corrected chi connectivity index (χ0v) is 31.4. The minimum absolute atomic E-state index is 0.532. The number of para-hydroxylation sites is 1. The maximum absolute atomic E-state index is 5.21. The van der Waals surface area contributed by atoms with E-state index >= 15 is 0 Å². The van der Waals surface area contributed by atoms with Gasteiger partial charge in [-0.25, -0.2) is 4.98 Å². The van der Waals surface area contributed by atoms with E-state index < -0.39 is 0 Å². The van der Waals surface area contributed by atoms with Gasteiger partial charge in [0.1, 0.15) is 0 Å². The van der Waals surface area contributed by atoms with Crippen LogP contribution in [0.3, 0.4) is 0 Å². The molecule has 0 amide bonds. The maximum atomic E-state index is 5.21. The Bertz CT molecular complexity index is 3060. The fraction of sp³-hybridized carbons (Fsp3) is 0.0192. The Hall–Kier alpha value is -7.63. The average molecular weight is 732 g/mol. The van der Waals surface area contributed by atoms with Gasteiger partial charge in [-0.05, 0) is 65.6 Å². The highest BCUT2D eigenvalue weighted by atomic mass is 15.2. The van der Waals surface area contributed by atoms with Gasteiger partial charge in [0.2, 0.25) is 5.95 Å². The molecule has 0 aliphatic heterocycles. The molecule has 10 aromatic rings. The summed E-state index contributed by atoms with van der Waals surface area (Å²) < 4.78 is 4.55. The van der Waals surface area contributed by atoms with E-state index in [1.165, 1.54) is 22.3 Å². The summed E-state index contributed by atoms with van der Waals surface area (Å²) in [6.45, 7) is 6.38. The number of benzene rings is 7. The molecule has 0 N–H and O–H groups in total. The Morgan fingerprint density at radius 3 is 1.65 bits per heavy atom. The Kier molecular flexibility index (Phi) is 8.46. The molecule has 57 heavy (non-hydrogen) atoms. The summed E-state index contributed by atoms with van der Waals surface area (Å²) in [5.74, 6) is 1.74. The van der Waals surface area contributed by atoms with E-state index in [1.54, 1.807) is 0 Å². The number of hydrogen-bond donors (Lipinski definition) is 0. The normalized spacial score (nSPS) is 11.6. The number of fused-ring (bicyclic) bond motifs is 5. The van der Waals surface area contributed by atoms with Crippen LogP contribution in [-0.2, 0) is 0 Å². The summed E-state index contributed by atoms with van der Waals surface area (Å²) in [7, 11) is 0. The van der Waals surface area contributed by atoms with Crippen LogP contribution in [0.2, 0.25) is 0 Å². The molecule has 7 aromatic carbocycles. The SMILES string of the molecule is C=Cc1c(/C=C\C)c2ccc3c(c4ccccc4n3-c3ccc(-c4cccc(-c5ccccc5)c4)cc3)c2n1-c1nc(-c2ccccc2)nc(-c2ccccc2)n1. The average Bonchev–Trinajstić information content (AvgIpc) is 3.79. The molecule has 5 heteroatoms. The minimum atomic E-state index is 0.532. The molecular formula is C52H37N5. The van der Waals surface area contributed by atoms with Crippen molar-refractivity contribution in [2.45, 2.75) is 6.92 Å². The summed E-state index contributed by atoms with van der Waals surface area (Å²) in [4.78, 5) is 15.4. The van der Waals surface area contributed by atoms with Crippen molar-refractivity contribution in [3.05, 3.63) is 200 Å². The van der Waals surface area contributed by atoms with Gasteiger partial charge in [-0.1, -0.05) is 164 Å². The maximum Gasteiger partial charge on any atom is 0.238 e. The number of rotatable bonds is 8. The van der Waals surface area contributed by atoms with Crippen LogP contribution < -0.4 is 0 Å². The molecule has 0 fully saturated rings. The van der Waals surface area contributed by atoms with Gasteiger partial charge in [0, 0.05) is 38.5 Å². The van der Waals surface area contributed by atoms with Crippen LogP contribution in [0.4, 0.5) is 0 Å². The second-order valence-corrected chi connectivity index (χ2v) is 14.1. The predicted octanol–water partition coefficient (Wildman–Crippen LogP) is 13.3. The summed E-state index contributed by atoms with van der Waals surface area (Å²) in [5, 5.41) is 3.35. The van der Waals surface area contributed by atoms with E-state index in [0.29, 0.717) is 17.6 Å². The van der Waals surface area contributed by atoms with E-state index in [4.69, 9.17) is 15.0 Å². The van der Waals surface area contributed by atoms with Crippen LogP contribution >= 0.6 is 0 Å². The first-order chi connectivity index (χ1) is 28.2. The van der Waals surface area contributed by atoms with Crippen LogP contribution in [0.25, 0.3) is 102 Å². The van der Waals surface area contributed by atoms with Gasteiger partial charge >= 0.3 is 0 Å². The van der Waals surface area contributed by atoms with Crippen LogP contribution in [-0.4, -0.2) is 24.1 Å². The Balaban J connectivity index is 1.22. The monoisotopic (exact) mass is 731 g/mol. The van der Waals surface area contributed by atoms with Gasteiger partial charge in [0.25, 0.3) is 0 Å². The molecule has 0 aliphatic carbocycles. The number of allylic oxidation sites excluding steroid dienone is 1. The molecule has 0 aliphatic rings. The van der Waals surface area contributed by atoms with Gasteiger partial charge in [-0.15, -0.1) is 0 Å². The molecule has 270 valence electrons. The second kappa shape index (κ2) is 14.2. The smallest absolute Gasteiger partial charge is 0.238 e. The minimum Gasteiger partial charge on any atom is -0.309 e. The highest BCUT2D eigenvalue weighted by Gasteiger charge is 2.24. The van der Waals surface area contributed by atoms with Crippen molar-refractivity contribution < 1.29 is 0 Å². The van der Waals surface area contributed by atoms with Crippen molar-refractivity contribution in [1.82, 2.24) is 24.1 Å². The molecule has 10 rings (SSSR count). The van der Waals surface area contributed by atoms with Crippen molar-refractivity contribution in [2.24, 2.45) is 0 Å². The summed E-state index contributed by atoms with van der Waals surface area (Å²) >= 11 is 0. The molecule has 0 unspecified atom stereocenters. The van der Waals surface area contributed by atoms with Crippen molar-refractivity contribution >= 4 is 44.9 Å². The van der Waals surface area contributed by atoms with E-state index in [9.17, 15) is 0 Å². The molecule has 0 spiro atoms. The highest BCUT2D eigenvalue weighted by Crippen LogP contribution is 2.42. The molecule has 0 radical (unpaired) electrons. The first-order valence-electron chi connectivity index (χ1n) is 19.2. The van der Waals surface area contributed by atoms with Gasteiger partial charge in [-0.3, -0.25) is 4.57 Å². The molecule has 5 nitrogen and oxygen atoms in total. The predicted molar refractivity (Wildman–Crippen MR) is 238 cm³/mol. The van der Waals surface area contributed by atoms with Crippen molar-refractivity contribution in [3.8, 4) is 56.7 Å². The zero-order chi connectivity index (χ0) is 38.3. The van der Waals surface area contributed by atoms with E-state index in [2.05, 4.69) is 143 Å². The molecule has 0 saturated carbocycles. The third kappa shape index (κ3) is 5.85. The fourth-order valence-electron chi connectivity index (χ4n) is 8.11. The van der Waals surface area contributed by atoms with Gasteiger partial charge in [-0.2, -0.15) is 9.97 Å². The molecule has 0 atom stereocenters. The Morgan fingerprint density at radius 2 is 1.04 bits per heavy atom. The third-order valence-corrected chi connectivity index (χ3v) is 10.7. The zero-order valence-electron chi connectivity index (χ0n) is 31.4. The Labute approximate surface area is 331 Å². The van der Waals surface area contributed by atoms with Crippen LogP contribution in [0.1, 0.15) is 18.2 Å². The topological polar surface area (TPSA) is 48.5 Å². The summed E-state index contributed by atoms with van der Waals surface area (Å²) in [5.41, 5.74) is 12.9. The van der Waals surface area contributed by atoms with E-state index in [-0.39, 0.29) is 0 Å². The molecule has 0 bridgehead atoms. The van der Waals surface area contributed by atoms with Gasteiger partial charge < -0.3 is 4.57 Å². The van der Waals surface area contributed by atoms with Crippen LogP contribution in [0.5, 0.6) is 0 Å². The first kappa shape index (κ1) is 33.9. The van der Waals surface area contributed by atoms with Crippen LogP contribution in [0.15, 0.2) is 189 Å². The van der Waals surface area contributed by atoms with Crippen LogP contribution in [0, 0.1) is 0 Å². The lowest BCUT2D eigenvalue weighted by Gasteiger charge is -2.12. The lowest BCUT2D eigenvalue weighted by molar-refractivity contribution is 0.928. The summed E-state index contributed by atoms with van der Waals surface area (Å²) in [6.07, 6.45) is 6.15. The molecule has 3 aromatic heterocycles. The van der Waals surface area contributed by atoms with E-state index in [1.807, 2.05) is 73.7 Å². The number of hydrogen-bond acceptors (Lipinski definition) is 3. The summed E-state index contributed by atoms with van der Waals surface area (Å²) in [6, 6.07) is 61.5. The van der Waals surface area contributed by atoms with Crippen molar-refractivity contribution in [1.29, 1.82) is 0 Å². The quantitative estimate of drug-likeness (QED) is 0.156. The number of nitrogens with zero attached hydrogens (tertiary/aromatic N) is 5. The fourth-order valence-corrected chi connectivity index (χ4v) is 8.11. The Morgan fingerprint density at radius 1 is 0.474 bits per heavy atom. The molecule has 0 saturated heterocycles. The molecular weight excluding hydrogens is 695 g/mol. The van der Waals surface area contributed by atoms with Gasteiger partial charge in [0.05, 0.1) is 22.2 Å². The molecule has 3 heterocycles. The van der Waals surface area contributed by atoms with Gasteiger partial charge in [0.15, 0.2) is 11.6 Å².